The molecule has 0 aliphatic heterocycles. The Labute approximate surface area is 51.2 Å². The van der Waals surface area contributed by atoms with Crippen LogP contribution in [-0.2, 0) is 0 Å². The summed E-state index contributed by atoms with van der Waals surface area (Å²) in [6.45, 7) is 0. The van der Waals surface area contributed by atoms with Crippen LogP contribution in [0, 0.1) is 6.07 Å². The van der Waals surface area contributed by atoms with Crippen LogP contribution in [0.4, 0.5) is 0 Å². The van der Waals surface area contributed by atoms with Gasteiger partial charge in [-0.3, -0.25) is 4.40 Å². The number of hydrogen-bond acceptors (Lipinski definition) is 3. The number of aromatic nitrogens is 4. The molecule has 4 heteroatoms. The van der Waals surface area contributed by atoms with Gasteiger partial charge >= 0.3 is 0 Å². The lowest BCUT2D eigenvalue weighted by Gasteiger charge is -1.83. The van der Waals surface area contributed by atoms with Crippen molar-refractivity contribution < 1.29 is 0 Å². The Kier molecular flexibility index (Phi) is 0.745. The third-order valence-electron chi connectivity index (χ3n) is 1.02. The van der Waals surface area contributed by atoms with Gasteiger partial charge < -0.3 is 0 Å². The fraction of sp³-hybridized carbons (Fsp3) is 0. The quantitative estimate of drug-likeness (QED) is 0.487. The monoisotopic (exact) mass is 119 g/mol. The average Bonchev–Trinajstić information content (AvgIpc) is 2.33. The van der Waals surface area contributed by atoms with Gasteiger partial charge in [-0.1, -0.05) is 0 Å². The largest absolute Gasteiger partial charge is 0.272 e. The van der Waals surface area contributed by atoms with Crippen LogP contribution in [0.2, 0.25) is 0 Å². The third kappa shape index (κ3) is 0.561. The van der Waals surface area contributed by atoms with Crippen molar-refractivity contribution >= 4 is 5.78 Å². The first-order valence-electron chi connectivity index (χ1n) is 2.48. The maximum Gasteiger partial charge on any atom is 0.254 e. The van der Waals surface area contributed by atoms with Crippen molar-refractivity contribution in [3.63, 3.8) is 0 Å². The van der Waals surface area contributed by atoms with E-state index in [1.54, 1.807) is 23.1 Å². The molecule has 0 aliphatic carbocycles. The first kappa shape index (κ1) is 4.43. The molecule has 0 bridgehead atoms. The Balaban J connectivity index is 2.95. The van der Waals surface area contributed by atoms with Gasteiger partial charge in [-0.05, 0) is 0 Å². The highest BCUT2D eigenvalue weighted by Crippen LogP contribution is 1.88. The summed E-state index contributed by atoms with van der Waals surface area (Å²) in [5.74, 6) is 0.605. The average molecular weight is 119 g/mol. The van der Waals surface area contributed by atoms with Crippen LogP contribution < -0.4 is 0 Å². The summed E-state index contributed by atoms with van der Waals surface area (Å²) in [6, 6.07) is 2.79. The van der Waals surface area contributed by atoms with E-state index in [4.69, 9.17) is 0 Å². The van der Waals surface area contributed by atoms with Gasteiger partial charge in [0.2, 0.25) is 0 Å². The van der Waals surface area contributed by atoms with Gasteiger partial charge in [0.25, 0.3) is 5.78 Å². The normalized spacial score (nSPS) is 10.2. The molecular formula is C5H3N4. The van der Waals surface area contributed by atoms with Crippen molar-refractivity contribution in [2.75, 3.05) is 0 Å². The van der Waals surface area contributed by atoms with Crippen molar-refractivity contribution in [3.8, 4) is 0 Å². The number of fused-ring (bicyclic) bond motifs is 1. The highest BCUT2D eigenvalue weighted by molar-refractivity contribution is 5.22. The maximum absolute atomic E-state index is 3.88. The Morgan fingerprint density at radius 1 is 1.56 bits per heavy atom. The number of rotatable bonds is 0. The van der Waals surface area contributed by atoms with Crippen molar-refractivity contribution in [3.05, 3.63) is 24.8 Å². The lowest BCUT2D eigenvalue weighted by Crippen LogP contribution is -1.83. The van der Waals surface area contributed by atoms with E-state index in [1.807, 2.05) is 0 Å². The summed E-state index contributed by atoms with van der Waals surface area (Å²) < 4.78 is 1.69. The van der Waals surface area contributed by atoms with Gasteiger partial charge in [0.05, 0.1) is 0 Å². The molecule has 0 saturated carbocycles. The SMILES string of the molecule is [c]1cnc2nncn2c1. The molecule has 0 spiro atoms. The Morgan fingerprint density at radius 2 is 2.56 bits per heavy atom. The van der Waals surface area contributed by atoms with E-state index in [0.717, 1.165) is 0 Å². The van der Waals surface area contributed by atoms with Crippen LogP contribution >= 0.6 is 0 Å². The first-order chi connectivity index (χ1) is 4.47. The van der Waals surface area contributed by atoms with E-state index in [9.17, 15) is 0 Å². The smallest absolute Gasteiger partial charge is 0.254 e. The summed E-state index contributed by atoms with van der Waals surface area (Å²) in [4.78, 5) is 3.88. The van der Waals surface area contributed by atoms with E-state index >= 15 is 0 Å². The van der Waals surface area contributed by atoms with E-state index in [-0.39, 0.29) is 0 Å². The fourth-order valence-corrected chi connectivity index (χ4v) is 0.629. The second kappa shape index (κ2) is 1.51. The van der Waals surface area contributed by atoms with Crippen molar-refractivity contribution in [1.29, 1.82) is 0 Å². The molecule has 2 aromatic heterocycles. The Hall–Kier alpha value is -1.45. The zero-order valence-corrected chi connectivity index (χ0v) is 4.52. The highest BCUT2D eigenvalue weighted by Gasteiger charge is 1.89. The molecule has 2 heterocycles. The predicted octanol–water partition coefficient (Wildman–Crippen LogP) is -0.0755. The molecule has 0 unspecified atom stereocenters. The number of hydrogen-bond donors (Lipinski definition) is 0. The lowest BCUT2D eigenvalue weighted by molar-refractivity contribution is 1.10. The second-order valence-corrected chi connectivity index (χ2v) is 1.59. The summed E-state index contributed by atoms with van der Waals surface area (Å²) >= 11 is 0. The topological polar surface area (TPSA) is 43.1 Å². The number of nitrogens with zero attached hydrogens (tertiary/aromatic N) is 4. The Morgan fingerprint density at radius 3 is 3.44 bits per heavy atom. The molecule has 0 aliphatic rings. The molecule has 2 rings (SSSR count). The van der Waals surface area contributed by atoms with Crippen LogP contribution in [0.15, 0.2) is 18.7 Å². The van der Waals surface area contributed by atoms with Crippen molar-refractivity contribution in [2.45, 2.75) is 0 Å². The van der Waals surface area contributed by atoms with E-state index in [1.165, 1.54) is 0 Å². The molecule has 1 radical (unpaired) electrons. The highest BCUT2D eigenvalue weighted by atomic mass is 15.3. The van der Waals surface area contributed by atoms with Gasteiger partial charge in [-0.15, -0.1) is 10.2 Å². The standard InChI is InChI=1S/C5H3N4/c1-2-6-5-8-7-4-9(5)3-1/h2-4H. The summed E-state index contributed by atoms with van der Waals surface area (Å²) in [5.41, 5.74) is 0. The van der Waals surface area contributed by atoms with Gasteiger partial charge in [0.1, 0.15) is 6.33 Å². The molecule has 2 aromatic rings. The zero-order valence-electron chi connectivity index (χ0n) is 4.52. The lowest BCUT2D eigenvalue weighted by atomic mass is 10.7. The van der Waals surface area contributed by atoms with Crippen LogP contribution in [0.25, 0.3) is 5.78 Å². The molecule has 4 nitrogen and oxygen atoms in total. The first-order valence-corrected chi connectivity index (χ1v) is 2.48. The summed E-state index contributed by atoms with van der Waals surface area (Å²) in [7, 11) is 0. The van der Waals surface area contributed by atoms with Gasteiger partial charge in [-0.25, -0.2) is 4.98 Å². The van der Waals surface area contributed by atoms with E-state index in [0.29, 0.717) is 5.78 Å². The molecule has 0 saturated heterocycles. The minimum atomic E-state index is 0.605. The Bertz CT molecular complexity index is 283. The third-order valence-corrected chi connectivity index (χ3v) is 1.02. The van der Waals surface area contributed by atoms with E-state index < -0.39 is 0 Å². The molecule has 0 fully saturated rings. The van der Waals surface area contributed by atoms with Gasteiger partial charge in [-0.2, -0.15) is 0 Å². The van der Waals surface area contributed by atoms with Crippen molar-refractivity contribution in [2.24, 2.45) is 0 Å². The molecular weight excluding hydrogens is 116 g/mol. The van der Waals surface area contributed by atoms with Crippen LogP contribution in [0.3, 0.4) is 0 Å². The molecule has 0 aromatic carbocycles. The van der Waals surface area contributed by atoms with Gasteiger partial charge in [0.15, 0.2) is 0 Å². The molecule has 0 N–H and O–H groups in total. The van der Waals surface area contributed by atoms with Crippen LogP contribution in [0.1, 0.15) is 0 Å². The van der Waals surface area contributed by atoms with E-state index in [2.05, 4.69) is 21.2 Å². The molecule has 0 atom stereocenters. The second-order valence-electron chi connectivity index (χ2n) is 1.59. The van der Waals surface area contributed by atoms with Crippen LogP contribution in [-0.4, -0.2) is 19.6 Å². The molecule has 0 amide bonds. The summed E-state index contributed by atoms with van der Waals surface area (Å²) in [5, 5.41) is 7.33. The minimum absolute atomic E-state index is 0.605. The van der Waals surface area contributed by atoms with Crippen molar-refractivity contribution in [1.82, 2.24) is 19.6 Å². The zero-order chi connectivity index (χ0) is 6.10. The summed E-state index contributed by atoms with van der Waals surface area (Å²) in [6.07, 6.45) is 4.87. The predicted molar refractivity (Wildman–Crippen MR) is 29.6 cm³/mol. The maximum atomic E-state index is 3.88. The fourth-order valence-electron chi connectivity index (χ4n) is 0.629. The van der Waals surface area contributed by atoms with Crippen LogP contribution in [0.5, 0.6) is 0 Å². The van der Waals surface area contributed by atoms with Gasteiger partial charge in [0, 0.05) is 18.5 Å². The molecule has 9 heavy (non-hydrogen) atoms. The minimum Gasteiger partial charge on any atom is -0.272 e. The molecule has 43 valence electrons.